The van der Waals surface area contributed by atoms with Gasteiger partial charge in [0.2, 0.25) is 11.8 Å². The third-order valence-corrected chi connectivity index (χ3v) is 1.49. The number of hydrogen-bond acceptors (Lipinski definition) is 3. The average Bonchev–Trinajstić information content (AvgIpc) is 2.19. The van der Waals surface area contributed by atoms with Gasteiger partial charge in [-0.1, -0.05) is 0 Å². The molecule has 0 fully saturated rings. The number of hydrogen-bond donors (Lipinski definition) is 3. The zero-order chi connectivity index (χ0) is 13.5. The van der Waals surface area contributed by atoms with Crippen LogP contribution in [0.25, 0.3) is 0 Å². The monoisotopic (exact) mass is 255 g/mol. The van der Waals surface area contributed by atoms with Gasteiger partial charge >= 0.3 is 12.1 Å². The molecule has 0 aliphatic heterocycles. The van der Waals surface area contributed by atoms with Crippen LogP contribution in [0.4, 0.5) is 13.2 Å². The minimum atomic E-state index is -5.00. The van der Waals surface area contributed by atoms with Crippen molar-refractivity contribution in [1.82, 2.24) is 16.0 Å². The zero-order valence-corrected chi connectivity index (χ0v) is 8.98. The molecule has 3 N–H and O–H groups in total. The first-order valence-corrected chi connectivity index (χ1v) is 4.59. The van der Waals surface area contributed by atoms with Crippen molar-refractivity contribution >= 4 is 17.7 Å². The second-order valence-corrected chi connectivity index (χ2v) is 3.01. The molecule has 0 aromatic heterocycles. The van der Waals surface area contributed by atoms with Crippen LogP contribution in [0.15, 0.2) is 0 Å². The Hall–Kier alpha value is -1.80. The lowest BCUT2D eigenvalue weighted by atomic mass is 10.5. The van der Waals surface area contributed by atoms with Crippen LogP contribution >= 0.6 is 0 Å². The Labute approximate surface area is 94.9 Å². The van der Waals surface area contributed by atoms with Crippen LogP contribution < -0.4 is 16.0 Å². The van der Waals surface area contributed by atoms with E-state index in [1.807, 2.05) is 0 Å². The standard InChI is InChI=1S/C8H12F3N3O3/c1-5(15)12-2-3-13-6(16)4-14-7(17)8(9,10)11/h2-4H2,1H3,(H,12,15)(H,13,16)(H,14,17). The number of carbonyl (C=O) groups is 3. The van der Waals surface area contributed by atoms with Gasteiger partial charge in [0.15, 0.2) is 0 Å². The summed E-state index contributed by atoms with van der Waals surface area (Å²) < 4.78 is 35.1. The highest BCUT2D eigenvalue weighted by atomic mass is 19.4. The van der Waals surface area contributed by atoms with Gasteiger partial charge in [-0.2, -0.15) is 13.2 Å². The fourth-order valence-corrected chi connectivity index (χ4v) is 0.764. The van der Waals surface area contributed by atoms with E-state index in [9.17, 15) is 27.6 Å². The van der Waals surface area contributed by atoms with Crippen molar-refractivity contribution in [2.45, 2.75) is 13.1 Å². The van der Waals surface area contributed by atoms with Crippen LogP contribution in [-0.4, -0.2) is 43.5 Å². The van der Waals surface area contributed by atoms with Gasteiger partial charge in [-0.05, 0) is 0 Å². The molecule has 3 amide bonds. The molecule has 0 aromatic rings. The Morgan fingerprint density at radius 2 is 1.53 bits per heavy atom. The van der Waals surface area contributed by atoms with Crippen molar-refractivity contribution in [3.05, 3.63) is 0 Å². The molecular formula is C8H12F3N3O3. The third-order valence-electron chi connectivity index (χ3n) is 1.49. The molecule has 0 atom stereocenters. The van der Waals surface area contributed by atoms with Gasteiger partial charge in [0.05, 0.1) is 6.54 Å². The summed E-state index contributed by atoms with van der Waals surface area (Å²) in [7, 11) is 0. The summed E-state index contributed by atoms with van der Waals surface area (Å²) in [5.74, 6) is -3.23. The summed E-state index contributed by atoms with van der Waals surface area (Å²) in [6.45, 7) is 0.748. The minimum Gasteiger partial charge on any atom is -0.355 e. The van der Waals surface area contributed by atoms with Gasteiger partial charge in [-0.15, -0.1) is 0 Å². The van der Waals surface area contributed by atoms with E-state index in [1.165, 1.54) is 12.2 Å². The van der Waals surface area contributed by atoms with E-state index in [4.69, 9.17) is 0 Å². The molecule has 98 valence electrons. The molecule has 6 nitrogen and oxygen atoms in total. The predicted molar refractivity (Wildman–Crippen MR) is 50.8 cm³/mol. The summed E-state index contributed by atoms with van der Waals surface area (Å²) in [5, 5.41) is 5.99. The van der Waals surface area contributed by atoms with Gasteiger partial charge in [-0.3, -0.25) is 14.4 Å². The van der Waals surface area contributed by atoms with Gasteiger partial charge in [0.1, 0.15) is 0 Å². The molecule has 0 aliphatic rings. The Kier molecular flexibility index (Phi) is 6.00. The summed E-state index contributed by atoms with van der Waals surface area (Å²) in [4.78, 5) is 31.6. The lowest BCUT2D eigenvalue weighted by Crippen LogP contribution is -2.44. The zero-order valence-electron chi connectivity index (χ0n) is 8.98. The fraction of sp³-hybridized carbons (Fsp3) is 0.625. The number of carbonyl (C=O) groups excluding carboxylic acids is 3. The van der Waals surface area contributed by atoms with Crippen LogP contribution in [-0.2, 0) is 14.4 Å². The molecule has 9 heteroatoms. The maximum absolute atomic E-state index is 11.7. The molecule has 0 spiro atoms. The highest BCUT2D eigenvalue weighted by molar-refractivity contribution is 5.87. The van der Waals surface area contributed by atoms with E-state index < -0.39 is 24.5 Å². The van der Waals surface area contributed by atoms with Crippen LogP contribution in [0.3, 0.4) is 0 Å². The lowest BCUT2D eigenvalue weighted by molar-refractivity contribution is -0.173. The number of alkyl halides is 3. The molecule has 0 aliphatic carbocycles. The molecular weight excluding hydrogens is 243 g/mol. The highest BCUT2D eigenvalue weighted by Crippen LogP contribution is 2.13. The number of halogens is 3. The summed E-state index contributed by atoms with van der Waals surface area (Å²) in [5.41, 5.74) is 0. The molecule has 0 unspecified atom stereocenters. The highest BCUT2D eigenvalue weighted by Gasteiger charge is 2.38. The Morgan fingerprint density at radius 1 is 1.00 bits per heavy atom. The first-order chi connectivity index (χ1) is 7.73. The predicted octanol–water partition coefficient (Wildman–Crippen LogP) is -1.08. The van der Waals surface area contributed by atoms with E-state index in [0.717, 1.165) is 0 Å². The maximum Gasteiger partial charge on any atom is 0.471 e. The van der Waals surface area contributed by atoms with Gasteiger partial charge < -0.3 is 16.0 Å². The molecule has 17 heavy (non-hydrogen) atoms. The SMILES string of the molecule is CC(=O)NCCNC(=O)CNC(=O)C(F)(F)F. The van der Waals surface area contributed by atoms with E-state index in [1.54, 1.807) is 0 Å². The number of amides is 3. The number of rotatable bonds is 5. The molecule has 0 rings (SSSR count). The third kappa shape index (κ3) is 8.05. The topological polar surface area (TPSA) is 87.3 Å². The van der Waals surface area contributed by atoms with Crippen molar-refractivity contribution in [3.8, 4) is 0 Å². The minimum absolute atomic E-state index is 0.0697. The van der Waals surface area contributed by atoms with Gasteiger partial charge in [-0.25, -0.2) is 0 Å². The Morgan fingerprint density at radius 3 is 2.00 bits per heavy atom. The molecule has 0 radical (unpaired) electrons. The van der Waals surface area contributed by atoms with Crippen LogP contribution in [0.5, 0.6) is 0 Å². The van der Waals surface area contributed by atoms with E-state index >= 15 is 0 Å². The van der Waals surface area contributed by atoms with Crippen molar-refractivity contribution in [2.24, 2.45) is 0 Å². The largest absolute Gasteiger partial charge is 0.471 e. The molecule has 0 saturated carbocycles. The smallest absolute Gasteiger partial charge is 0.355 e. The second kappa shape index (κ2) is 6.71. The summed E-state index contributed by atoms with van der Waals surface area (Å²) >= 11 is 0. The van der Waals surface area contributed by atoms with Crippen molar-refractivity contribution < 1.29 is 27.6 Å². The molecule has 0 aromatic carbocycles. The van der Waals surface area contributed by atoms with Gasteiger partial charge in [0.25, 0.3) is 0 Å². The quantitative estimate of drug-likeness (QED) is 0.546. The van der Waals surface area contributed by atoms with Crippen LogP contribution in [0, 0.1) is 0 Å². The molecule has 0 heterocycles. The van der Waals surface area contributed by atoms with E-state index in [0.29, 0.717) is 0 Å². The first-order valence-electron chi connectivity index (χ1n) is 4.59. The number of nitrogens with one attached hydrogen (secondary N) is 3. The van der Waals surface area contributed by atoms with Crippen molar-refractivity contribution in [3.63, 3.8) is 0 Å². The van der Waals surface area contributed by atoms with Crippen LogP contribution in [0.2, 0.25) is 0 Å². The van der Waals surface area contributed by atoms with Crippen molar-refractivity contribution in [1.29, 1.82) is 0 Å². The average molecular weight is 255 g/mol. The normalized spacial score (nSPS) is 10.6. The Bertz CT molecular complexity index is 304. The molecule has 0 saturated heterocycles. The van der Waals surface area contributed by atoms with E-state index in [2.05, 4.69) is 10.6 Å². The summed E-state index contributed by atoms with van der Waals surface area (Å²) in [6, 6.07) is 0. The second-order valence-electron chi connectivity index (χ2n) is 3.01. The van der Waals surface area contributed by atoms with Crippen LogP contribution in [0.1, 0.15) is 6.92 Å². The Balaban J connectivity index is 3.67. The first kappa shape index (κ1) is 15.2. The van der Waals surface area contributed by atoms with Gasteiger partial charge in [0, 0.05) is 20.0 Å². The lowest BCUT2D eigenvalue weighted by Gasteiger charge is -2.08. The fourth-order valence-electron chi connectivity index (χ4n) is 0.764. The summed E-state index contributed by atoms with van der Waals surface area (Å²) in [6.07, 6.45) is -5.00. The molecule has 0 bridgehead atoms. The van der Waals surface area contributed by atoms with Crippen molar-refractivity contribution in [2.75, 3.05) is 19.6 Å². The maximum atomic E-state index is 11.7. The van der Waals surface area contributed by atoms with E-state index in [-0.39, 0.29) is 19.0 Å².